The molecule has 1 fully saturated rings. The third kappa shape index (κ3) is 1.73. The first-order chi connectivity index (χ1) is 4.22. The van der Waals surface area contributed by atoms with Crippen LogP contribution in [0.3, 0.4) is 0 Å². The third-order valence-corrected chi connectivity index (χ3v) is 2.45. The van der Waals surface area contributed by atoms with Gasteiger partial charge in [-0.25, -0.2) is 0 Å². The van der Waals surface area contributed by atoms with E-state index in [1.807, 2.05) is 0 Å². The van der Waals surface area contributed by atoms with Crippen molar-refractivity contribution in [2.24, 2.45) is 0 Å². The second-order valence-electron chi connectivity index (χ2n) is 2.52. The van der Waals surface area contributed by atoms with Crippen molar-refractivity contribution in [1.29, 1.82) is 0 Å². The second kappa shape index (κ2) is 3.09. The second-order valence-corrected chi connectivity index (χ2v) is 3.69. The van der Waals surface area contributed by atoms with Crippen molar-refractivity contribution in [3.8, 4) is 0 Å². The van der Waals surface area contributed by atoms with Crippen molar-refractivity contribution in [2.45, 2.75) is 23.7 Å². The molecule has 0 saturated carbocycles. The highest BCUT2D eigenvalue weighted by molar-refractivity contribution is 6.44. The predicted molar refractivity (Wildman–Crippen MR) is 41.1 cm³/mol. The zero-order chi connectivity index (χ0) is 6.85. The Bertz CT molecular complexity index is 95.1. The van der Waals surface area contributed by atoms with Crippen molar-refractivity contribution in [1.82, 2.24) is 4.90 Å². The Hall–Kier alpha value is 0.540. The highest BCUT2D eigenvalue weighted by Gasteiger charge is 2.25. The van der Waals surface area contributed by atoms with Gasteiger partial charge in [0, 0.05) is 6.04 Å². The quantitative estimate of drug-likeness (QED) is 0.540. The zero-order valence-corrected chi connectivity index (χ0v) is 6.99. The lowest BCUT2D eigenvalue weighted by Gasteiger charge is -2.19. The summed E-state index contributed by atoms with van der Waals surface area (Å²) in [7, 11) is 2.06. The van der Waals surface area contributed by atoms with E-state index in [4.69, 9.17) is 23.2 Å². The van der Waals surface area contributed by atoms with Crippen molar-refractivity contribution in [3.63, 3.8) is 0 Å². The molecule has 0 aliphatic carbocycles. The Morgan fingerprint density at radius 1 is 1.56 bits per heavy atom. The number of likely N-dealkylation sites (tertiary alicyclic amines) is 1. The van der Waals surface area contributed by atoms with Crippen LogP contribution in [-0.2, 0) is 0 Å². The lowest BCUT2D eigenvalue weighted by atomic mass is 10.2. The first kappa shape index (κ1) is 7.64. The van der Waals surface area contributed by atoms with E-state index in [2.05, 4.69) is 11.9 Å². The Labute approximate surface area is 65.9 Å². The molecule has 1 atom stereocenters. The smallest absolute Gasteiger partial charge is 0.123 e. The van der Waals surface area contributed by atoms with E-state index in [0.717, 1.165) is 13.0 Å². The van der Waals surface area contributed by atoms with Gasteiger partial charge in [0.15, 0.2) is 0 Å². The van der Waals surface area contributed by atoms with Crippen LogP contribution in [-0.4, -0.2) is 29.4 Å². The molecule has 0 radical (unpaired) electrons. The molecule has 0 bridgehead atoms. The first-order valence-corrected chi connectivity index (χ1v) is 4.07. The van der Waals surface area contributed by atoms with E-state index in [-0.39, 0.29) is 4.84 Å². The SMILES string of the molecule is CN1CCC[C@H]1C(Cl)Cl. The molecule has 1 heterocycles. The minimum Gasteiger partial charge on any atom is -0.301 e. The molecule has 1 rings (SSSR count). The van der Waals surface area contributed by atoms with Gasteiger partial charge in [-0.2, -0.15) is 0 Å². The van der Waals surface area contributed by atoms with Gasteiger partial charge in [-0.05, 0) is 26.4 Å². The molecule has 0 aromatic heterocycles. The molecular weight excluding hydrogens is 157 g/mol. The molecule has 1 nitrogen and oxygen atoms in total. The van der Waals surface area contributed by atoms with Gasteiger partial charge in [0.1, 0.15) is 4.84 Å². The number of hydrogen-bond donors (Lipinski definition) is 0. The predicted octanol–water partition coefficient (Wildman–Crippen LogP) is 1.88. The zero-order valence-electron chi connectivity index (χ0n) is 5.48. The van der Waals surface area contributed by atoms with E-state index < -0.39 is 0 Å². The molecule has 0 aromatic carbocycles. The molecule has 0 spiro atoms. The summed E-state index contributed by atoms with van der Waals surface area (Å²) in [6, 6.07) is 0.397. The van der Waals surface area contributed by atoms with Gasteiger partial charge in [0.2, 0.25) is 0 Å². The maximum absolute atomic E-state index is 5.70. The number of halogens is 2. The minimum absolute atomic E-state index is 0.211. The van der Waals surface area contributed by atoms with Gasteiger partial charge >= 0.3 is 0 Å². The molecule has 0 aromatic rings. The number of alkyl halides is 2. The molecule has 1 aliphatic rings. The van der Waals surface area contributed by atoms with Crippen LogP contribution in [0.1, 0.15) is 12.8 Å². The van der Waals surface area contributed by atoms with E-state index in [0.29, 0.717) is 6.04 Å². The van der Waals surface area contributed by atoms with E-state index in [9.17, 15) is 0 Å². The summed E-state index contributed by atoms with van der Waals surface area (Å²) in [5.41, 5.74) is 0. The van der Waals surface area contributed by atoms with Crippen molar-refractivity contribution in [3.05, 3.63) is 0 Å². The van der Waals surface area contributed by atoms with Crippen molar-refractivity contribution < 1.29 is 0 Å². The highest BCUT2D eigenvalue weighted by Crippen LogP contribution is 2.23. The van der Waals surface area contributed by atoms with Gasteiger partial charge in [0.05, 0.1) is 0 Å². The average Bonchev–Trinajstić information content (AvgIpc) is 2.13. The molecule has 54 valence electrons. The molecule has 0 unspecified atom stereocenters. The van der Waals surface area contributed by atoms with Crippen LogP contribution in [0.2, 0.25) is 0 Å². The average molecular weight is 168 g/mol. The summed E-state index contributed by atoms with van der Waals surface area (Å²) in [6.07, 6.45) is 2.38. The van der Waals surface area contributed by atoms with Crippen molar-refractivity contribution >= 4 is 23.2 Å². The molecule has 3 heteroatoms. The van der Waals surface area contributed by atoms with E-state index in [1.54, 1.807) is 0 Å². The minimum atomic E-state index is -0.211. The lowest BCUT2D eigenvalue weighted by Crippen LogP contribution is -2.30. The van der Waals surface area contributed by atoms with Crippen LogP contribution in [0.15, 0.2) is 0 Å². The lowest BCUT2D eigenvalue weighted by molar-refractivity contribution is 0.324. The third-order valence-electron chi connectivity index (χ3n) is 1.87. The molecule has 0 amide bonds. The van der Waals surface area contributed by atoms with Gasteiger partial charge < -0.3 is 4.90 Å². The number of hydrogen-bond acceptors (Lipinski definition) is 1. The van der Waals surface area contributed by atoms with Crippen LogP contribution in [0.4, 0.5) is 0 Å². The summed E-state index contributed by atoms with van der Waals surface area (Å²) in [5, 5.41) is 0. The molecular formula is C6H11Cl2N. The van der Waals surface area contributed by atoms with E-state index in [1.165, 1.54) is 6.42 Å². The summed E-state index contributed by atoms with van der Waals surface area (Å²) in [6.45, 7) is 1.14. The Morgan fingerprint density at radius 2 is 2.22 bits per heavy atom. The van der Waals surface area contributed by atoms with Gasteiger partial charge in [-0.15, -0.1) is 23.2 Å². The first-order valence-electron chi connectivity index (χ1n) is 3.20. The van der Waals surface area contributed by atoms with Gasteiger partial charge in [0.25, 0.3) is 0 Å². The Balaban J connectivity index is 2.40. The van der Waals surface area contributed by atoms with E-state index >= 15 is 0 Å². The van der Waals surface area contributed by atoms with Crippen LogP contribution in [0, 0.1) is 0 Å². The summed E-state index contributed by atoms with van der Waals surface area (Å²) < 4.78 is 0. The van der Waals surface area contributed by atoms with Crippen LogP contribution in [0.5, 0.6) is 0 Å². The fourth-order valence-electron chi connectivity index (χ4n) is 1.25. The summed E-state index contributed by atoms with van der Waals surface area (Å²) in [5.74, 6) is 0. The normalized spacial score (nSPS) is 30.0. The molecule has 1 saturated heterocycles. The van der Waals surface area contributed by atoms with Crippen molar-refractivity contribution in [2.75, 3.05) is 13.6 Å². The standard InChI is InChI=1S/C6H11Cl2N/c1-9-4-2-3-5(9)6(7)8/h5-6H,2-4H2,1H3/t5-/m0/s1. The summed E-state index contributed by atoms with van der Waals surface area (Å²) >= 11 is 11.4. The van der Waals surface area contributed by atoms with Crippen LogP contribution < -0.4 is 0 Å². The monoisotopic (exact) mass is 167 g/mol. The maximum Gasteiger partial charge on any atom is 0.123 e. The number of nitrogens with zero attached hydrogens (tertiary/aromatic N) is 1. The van der Waals surface area contributed by atoms with Gasteiger partial charge in [-0.3, -0.25) is 0 Å². The Morgan fingerprint density at radius 3 is 2.44 bits per heavy atom. The fourth-order valence-corrected chi connectivity index (χ4v) is 1.89. The molecule has 9 heavy (non-hydrogen) atoms. The fraction of sp³-hybridized carbons (Fsp3) is 1.00. The summed E-state index contributed by atoms with van der Waals surface area (Å²) in [4.78, 5) is 2.00. The number of rotatable bonds is 1. The highest BCUT2D eigenvalue weighted by atomic mass is 35.5. The molecule has 0 N–H and O–H groups in total. The van der Waals surface area contributed by atoms with Crippen LogP contribution in [0.25, 0.3) is 0 Å². The largest absolute Gasteiger partial charge is 0.301 e. The maximum atomic E-state index is 5.70. The topological polar surface area (TPSA) is 3.24 Å². The molecule has 1 aliphatic heterocycles. The van der Waals surface area contributed by atoms with Gasteiger partial charge in [-0.1, -0.05) is 0 Å². The Kier molecular flexibility index (Phi) is 2.62. The van der Waals surface area contributed by atoms with Crippen LogP contribution >= 0.6 is 23.2 Å².